The van der Waals surface area contributed by atoms with E-state index in [1.54, 1.807) is 0 Å². The standard InChI is InChI=1S/C19H30N4O2/c1-13-16(14(2)25-21-13)12-22-7-9-23(10-8-22)18-11-15-5-3-4-6-17(15)20-19(18)24/h15,17-18H,3-12H2,1-2H3,(H,20,24)/t15-,17+,18-/m1/s1. The van der Waals surface area contributed by atoms with Crippen LogP contribution in [0.15, 0.2) is 4.52 Å². The van der Waals surface area contributed by atoms with Gasteiger partial charge in [0.2, 0.25) is 5.91 Å². The fraction of sp³-hybridized carbons (Fsp3) is 0.789. The van der Waals surface area contributed by atoms with Gasteiger partial charge in [0.15, 0.2) is 0 Å². The fourth-order valence-electron chi connectivity index (χ4n) is 4.85. The minimum atomic E-state index is 0.0839. The maximum Gasteiger partial charge on any atom is 0.237 e. The minimum Gasteiger partial charge on any atom is -0.361 e. The number of carbonyl (C=O) groups excluding carboxylic acids is 1. The van der Waals surface area contributed by atoms with E-state index in [-0.39, 0.29) is 11.9 Å². The molecule has 1 aromatic rings. The topological polar surface area (TPSA) is 61.6 Å². The molecule has 3 heterocycles. The molecule has 1 aliphatic carbocycles. The van der Waals surface area contributed by atoms with Crippen LogP contribution in [0.5, 0.6) is 0 Å². The summed E-state index contributed by atoms with van der Waals surface area (Å²) in [6.45, 7) is 8.84. The number of carbonyl (C=O) groups is 1. The summed E-state index contributed by atoms with van der Waals surface area (Å²) in [5, 5.41) is 7.37. The van der Waals surface area contributed by atoms with Crippen LogP contribution < -0.4 is 5.32 Å². The number of fused-ring (bicyclic) bond motifs is 1. The maximum atomic E-state index is 12.6. The number of rotatable bonds is 3. The van der Waals surface area contributed by atoms with Gasteiger partial charge in [-0.3, -0.25) is 14.6 Å². The van der Waals surface area contributed by atoms with Crippen LogP contribution in [-0.4, -0.2) is 59.1 Å². The third-order valence-corrected chi connectivity index (χ3v) is 6.48. The minimum absolute atomic E-state index is 0.0839. The van der Waals surface area contributed by atoms with Crippen molar-refractivity contribution in [2.75, 3.05) is 26.2 Å². The van der Waals surface area contributed by atoms with E-state index in [1.165, 1.54) is 31.2 Å². The third-order valence-electron chi connectivity index (χ3n) is 6.48. The highest BCUT2D eigenvalue weighted by Gasteiger charge is 2.40. The molecule has 3 atom stereocenters. The Balaban J connectivity index is 1.33. The van der Waals surface area contributed by atoms with Gasteiger partial charge in [-0.2, -0.15) is 0 Å². The third kappa shape index (κ3) is 3.47. The van der Waals surface area contributed by atoms with Crippen molar-refractivity contribution in [3.63, 3.8) is 0 Å². The summed E-state index contributed by atoms with van der Waals surface area (Å²) in [6.07, 6.45) is 6.11. The zero-order valence-corrected chi connectivity index (χ0v) is 15.5. The first-order valence-corrected chi connectivity index (χ1v) is 9.80. The molecule has 4 rings (SSSR count). The Morgan fingerprint density at radius 2 is 1.92 bits per heavy atom. The second-order valence-electron chi connectivity index (χ2n) is 8.03. The molecule has 6 heteroatoms. The molecule has 138 valence electrons. The number of amides is 1. The monoisotopic (exact) mass is 346 g/mol. The molecule has 1 aromatic heterocycles. The van der Waals surface area contributed by atoms with Crippen molar-refractivity contribution < 1.29 is 9.32 Å². The first-order chi connectivity index (χ1) is 12.1. The summed E-state index contributed by atoms with van der Waals surface area (Å²) in [6, 6.07) is 0.527. The van der Waals surface area contributed by atoms with Crippen LogP contribution in [0.3, 0.4) is 0 Å². The lowest BCUT2D eigenvalue weighted by molar-refractivity contribution is -0.132. The molecule has 2 saturated heterocycles. The van der Waals surface area contributed by atoms with E-state index in [0.29, 0.717) is 12.0 Å². The largest absolute Gasteiger partial charge is 0.361 e. The average Bonchev–Trinajstić information content (AvgIpc) is 2.94. The van der Waals surface area contributed by atoms with Crippen molar-refractivity contribution in [2.45, 2.75) is 64.6 Å². The normalized spacial score (nSPS) is 31.6. The van der Waals surface area contributed by atoms with Gasteiger partial charge in [-0.15, -0.1) is 0 Å². The molecule has 0 spiro atoms. The second kappa shape index (κ2) is 7.08. The van der Waals surface area contributed by atoms with E-state index in [0.717, 1.165) is 50.6 Å². The van der Waals surface area contributed by atoms with Crippen LogP contribution in [0.4, 0.5) is 0 Å². The van der Waals surface area contributed by atoms with Crippen molar-refractivity contribution in [1.29, 1.82) is 0 Å². The molecule has 0 bridgehead atoms. The quantitative estimate of drug-likeness (QED) is 0.905. The molecular formula is C19H30N4O2. The highest BCUT2D eigenvalue weighted by molar-refractivity contribution is 5.83. The van der Waals surface area contributed by atoms with E-state index in [9.17, 15) is 4.79 Å². The lowest BCUT2D eigenvalue weighted by Crippen LogP contribution is -2.61. The molecule has 0 radical (unpaired) electrons. The molecular weight excluding hydrogens is 316 g/mol. The average molecular weight is 346 g/mol. The molecule has 1 amide bonds. The fourth-order valence-corrected chi connectivity index (χ4v) is 4.85. The van der Waals surface area contributed by atoms with E-state index >= 15 is 0 Å². The molecule has 1 saturated carbocycles. The van der Waals surface area contributed by atoms with Gasteiger partial charge in [0.25, 0.3) is 0 Å². The van der Waals surface area contributed by atoms with Crippen molar-refractivity contribution >= 4 is 5.91 Å². The zero-order valence-electron chi connectivity index (χ0n) is 15.5. The lowest BCUT2D eigenvalue weighted by atomic mass is 9.77. The molecule has 2 aliphatic heterocycles. The van der Waals surface area contributed by atoms with Gasteiger partial charge in [0, 0.05) is 44.3 Å². The van der Waals surface area contributed by atoms with Crippen molar-refractivity contribution in [2.24, 2.45) is 5.92 Å². The van der Waals surface area contributed by atoms with Crippen LogP contribution in [-0.2, 0) is 11.3 Å². The van der Waals surface area contributed by atoms with Crippen molar-refractivity contribution in [3.8, 4) is 0 Å². The second-order valence-corrected chi connectivity index (χ2v) is 8.03. The van der Waals surface area contributed by atoms with E-state index in [1.807, 2.05) is 13.8 Å². The van der Waals surface area contributed by atoms with E-state index in [2.05, 4.69) is 20.3 Å². The molecule has 0 aromatic carbocycles. The number of hydrogen-bond acceptors (Lipinski definition) is 5. The first-order valence-electron chi connectivity index (χ1n) is 9.80. The SMILES string of the molecule is Cc1noc(C)c1CN1CCN([C@@H]2C[C@H]3CCCC[C@@H]3NC2=O)CC1. The summed E-state index contributed by atoms with van der Waals surface area (Å²) < 4.78 is 5.28. The molecule has 0 unspecified atom stereocenters. The molecule has 3 aliphatic rings. The number of piperidine rings is 1. The predicted molar refractivity (Wildman–Crippen MR) is 95.1 cm³/mol. The number of nitrogens with zero attached hydrogens (tertiary/aromatic N) is 3. The van der Waals surface area contributed by atoms with Gasteiger partial charge in [0.1, 0.15) is 5.76 Å². The molecule has 6 nitrogen and oxygen atoms in total. The van der Waals surface area contributed by atoms with Crippen molar-refractivity contribution in [3.05, 3.63) is 17.0 Å². The number of nitrogens with one attached hydrogen (secondary N) is 1. The number of piperazine rings is 1. The molecule has 1 N–H and O–H groups in total. The Hall–Kier alpha value is -1.40. The summed E-state index contributed by atoms with van der Waals surface area (Å²) in [5.74, 6) is 1.88. The summed E-state index contributed by atoms with van der Waals surface area (Å²) in [7, 11) is 0. The van der Waals surface area contributed by atoms with Gasteiger partial charge in [0.05, 0.1) is 11.7 Å². The Labute approximate surface area is 149 Å². The molecule has 3 fully saturated rings. The Kier molecular flexibility index (Phi) is 4.82. The van der Waals surface area contributed by atoms with Crippen LogP contribution >= 0.6 is 0 Å². The summed E-state index contributed by atoms with van der Waals surface area (Å²) in [4.78, 5) is 17.4. The van der Waals surface area contributed by atoms with Gasteiger partial charge < -0.3 is 9.84 Å². The number of aromatic nitrogens is 1. The van der Waals surface area contributed by atoms with E-state index < -0.39 is 0 Å². The van der Waals surface area contributed by atoms with Crippen LogP contribution in [0.25, 0.3) is 0 Å². The number of hydrogen-bond donors (Lipinski definition) is 1. The Bertz CT molecular complexity index is 601. The first kappa shape index (κ1) is 17.0. The van der Waals surface area contributed by atoms with Crippen molar-refractivity contribution in [1.82, 2.24) is 20.3 Å². The van der Waals surface area contributed by atoms with Crippen LogP contribution in [0.2, 0.25) is 0 Å². The Morgan fingerprint density at radius 1 is 1.16 bits per heavy atom. The van der Waals surface area contributed by atoms with Gasteiger partial charge in [-0.05, 0) is 39.0 Å². The van der Waals surface area contributed by atoms with Gasteiger partial charge in [-0.1, -0.05) is 18.0 Å². The summed E-state index contributed by atoms with van der Waals surface area (Å²) in [5.41, 5.74) is 2.21. The number of aryl methyl sites for hydroxylation is 2. The van der Waals surface area contributed by atoms with Gasteiger partial charge >= 0.3 is 0 Å². The lowest BCUT2D eigenvalue weighted by Gasteiger charge is -2.45. The maximum absolute atomic E-state index is 12.6. The van der Waals surface area contributed by atoms with Gasteiger partial charge in [-0.25, -0.2) is 0 Å². The summed E-state index contributed by atoms with van der Waals surface area (Å²) >= 11 is 0. The predicted octanol–water partition coefficient (Wildman–Crippen LogP) is 1.86. The van der Waals surface area contributed by atoms with Crippen LogP contribution in [0.1, 0.15) is 49.1 Å². The molecule has 25 heavy (non-hydrogen) atoms. The van der Waals surface area contributed by atoms with E-state index in [4.69, 9.17) is 4.52 Å². The highest BCUT2D eigenvalue weighted by Crippen LogP contribution is 2.33. The highest BCUT2D eigenvalue weighted by atomic mass is 16.5. The van der Waals surface area contributed by atoms with Crippen LogP contribution in [0, 0.1) is 19.8 Å². The smallest absolute Gasteiger partial charge is 0.237 e. The zero-order chi connectivity index (χ0) is 17.4. The Morgan fingerprint density at radius 3 is 2.64 bits per heavy atom.